The molecule has 0 aliphatic carbocycles. The van der Waals surface area contributed by atoms with Gasteiger partial charge in [0.15, 0.2) is 0 Å². The predicted molar refractivity (Wildman–Crippen MR) is 208 cm³/mol. The van der Waals surface area contributed by atoms with Gasteiger partial charge >= 0.3 is 103 Å². The molecule has 6 aromatic carbocycles. The Morgan fingerprint density at radius 2 is 1.12 bits per heavy atom. The van der Waals surface area contributed by atoms with Crippen LogP contribution in [0.15, 0.2) is 152 Å². The number of aromatic nitrogens is 1. The molecule has 0 atom stereocenters. The van der Waals surface area contributed by atoms with Crippen LogP contribution in [0.5, 0.6) is 0 Å². The van der Waals surface area contributed by atoms with Crippen molar-refractivity contribution in [3.63, 3.8) is 0 Å². The third-order valence-electron chi connectivity index (χ3n) is 8.99. The average molecular weight is 732 g/mol. The van der Waals surface area contributed by atoms with Gasteiger partial charge in [-0.2, -0.15) is 0 Å². The second kappa shape index (κ2) is 16.8. The second-order valence-corrected chi connectivity index (χ2v) is 16.2. The van der Waals surface area contributed by atoms with Crippen LogP contribution in [0.4, 0.5) is 5.69 Å². The number of amides is 1. The van der Waals surface area contributed by atoms with Gasteiger partial charge in [0.25, 0.3) is 5.91 Å². The summed E-state index contributed by atoms with van der Waals surface area (Å²) in [6.45, 7) is 8.63. The molecule has 0 fully saturated rings. The average Bonchev–Trinajstić information content (AvgIpc) is 3.15. The summed E-state index contributed by atoms with van der Waals surface area (Å²) < 4.78 is 2.69. The van der Waals surface area contributed by atoms with Gasteiger partial charge in [0.1, 0.15) is 0 Å². The molecule has 3 nitrogen and oxygen atoms in total. The Kier molecular flexibility index (Phi) is 11.8. The Morgan fingerprint density at radius 3 is 1.76 bits per heavy atom. The predicted octanol–water partition coefficient (Wildman–Crippen LogP) is 12.0. The maximum atomic E-state index is 13.7. The summed E-state index contributed by atoms with van der Waals surface area (Å²) in [7, 11) is 0. The molecule has 248 valence electrons. The Labute approximate surface area is 308 Å². The first-order valence-corrected chi connectivity index (χ1v) is 21.0. The molecule has 1 N–H and O–H groups in total. The number of nitrogens with zero attached hydrogens (tertiary/aromatic N) is 1. The molecule has 1 amide bonds. The number of carbonyl (C=O) groups is 1. The van der Waals surface area contributed by atoms with Crippen molar-refractivity contribution in [3.05, 3.63) is 179 Å². The van der Waals surface area contributed by atoms with Crippen LogP contribution in [0, 0.1) is 0 Å². The molecule has 0 spiro atoms. The SMILES string of the molecule is CC(C)c1cccc(C(C)C)c1NC(=O)c1cccc2ccc(-c3cccc4ccccc34)nc12.c1ccc([CH2][Zr][CH2]c2ccccc2)cc1. The first-order valence-electron chi connectivity index (χ1n) is 17.5. The summed E-state index contributed by atoms with van der Waals surface area (Å²) in [6.07, 6.45) is 0. The second-order valence-electron chi connectivity index (χ2n) is 13.3. The van der Waals surface area contributed by atoms with Gasteiger partial charge in [-0.05, 0) is 45.9 Å². The summed E-state index contributed by atoms with van der Waals surface area (Å²) in [4.78, 5) is 18.7. The van der Waals surface area contributed by atoms with E-state index in [0.717, 1.165) is 38.8 Å². The third kappa shape index (κ3) is 8.55. The summed E-state index contributed by atoms with van der Waals surface area (Å²) in [6, 6.07) is 52.4. The van der Waals surface area contributed by atoms with Crippen LogP contribution in [-0.2, 0) is 31.5 Å². The Balaban J connectivity index is 0.000000240. The van der Waals surface area contributed by atoms with E-state index in [1.165, 1.54) is 24.8 Å². The van der Waals surface area contributed by atoms with E-state index in [-0.39, 0.29) is 29.1 Å². The number of para-hydroxylation sites is 2. The van der Waals surface area contributed by atoms with E-state index in [1.807, 2.05) is 36.4 Å². The fourth-order valence-corrected chi connectivity index (χ4v) is 9.23. The van der Waals surface area contributed by atoms with Crippen molar-refractivity contribution in [1.29, 1.82) is 0 Å². The van der Waals surface area contributed by atoms with Crippen molar-refractivity contribution >= 4 is 33.3 Å². The molecule has 50 heavy (non-hydrogen) atoms. The molecule has 1 aromatic heterocycles. The molecule has 0 aliphatic rings. The Morgan fingerprint density at radius 1 is 0.580 bits per heavy atom. The summed E-state index contributed by atoms with van der Waals surface area (Å²) in [5, 5.41) is 6.53. The number of hydrogen-bond donors (Lipinski definition) is 1. The number of hydrogen-bond acceptors (Lipinski definition) is 2. The number of pyridine rings is 1. The van der Waals surface area contributed by atoms with E-state index >= 15 is 0 Å². The van der Waals surface area contributed by atoms with Gasteiger partial charge in [-0.1, -0.05) is 107 Å². The molecule has 0 aliphatic heterocycles. The van der Waals surface area contributed by atoms with Crippen molar-refractivity contribution in [2.75, 3.05) is 5.32 Å². The van der Waals surface area contributed by atoms with E-state index in [9.17, 15) is 4.79 Å². The molecule has 0 radical (unpaired) electrons. The van der Waals surface area contributed by atoms with E-state index < -0.39 is 0 Å². The van der Waals surface area contributed by atoms with E-state index in [1.54, 1.807) is 0 Å². The number of rotatable bonds is 9. The van der Waals surface area contributed by atoms with Crippen LogP contribution in [0.2, 0.25) is 0 Å². The number of fused-ring (bicyclic) bond motifs is 2. The van der Waals surface area contributed by atoms with E-state index in [2.05, 4.69) is 148 Å². The van der Waals surface area contributed by atoms with Crippen molar-refractivity contribution in [2.24, 2.45) is 0 Å². The van der Waals surface area contributed by atoms with Gasteiger partial charge in [0, 0.05) is 16.6 Å². The molecule has 1 heterocycles. The van der Waals surface area contributed by atoms with E-state index in [0.29, 0.717) is 22.9 Å². The van der Waals surface area contributed by atoms with Gasteiger partial charge in [-0.25, -0.2) is 4.98 Å². The van der Waals surface area contributed by atoms with Crippen LogP contribution in [0.25, 0.3) is 32.9 Å². The van der Waals surface area contributed by atoms with Gasteiger partial charge < -0.3 is 5.32 Å². The zero-order valence-electron chi connectivity index (χ0n) is 29.4. The molecular formula is C46H44N2OZr. The van der Waals surface area contributed by atoms with Crippen molar-refractivity contribution in [3.8, 4) is 11.3 Å². The van der Waals surface area contributed by atoms with Gasteiger partial charge in [0.05, 0.1) is 16.8 Å². The number of nitrogens with one attached hydrogen (secondary N) is 1. The van der Waals surface area contributed by atoms with Crippen LogP contribution < -0.4 is 5.32 Å². The van der Waals surface area contributed by atoms with E-state index in [4.69, 9.17) is 4.98 Å². The van der Waals surface area contributed by atoms with Crippen molar-refractivity contribution in [2.45, 2.75) is 47.8 Å². The molecule has 7 rings (SSSR count). The van der Waals surface area contributed by atoms with Crippen molar-refractivity contribution in [1.82, 2.24) is 4.98 Å². The quantitative estimate of drug-likeness (QED) is 0.161. The summed E-state index contributed by atoms with van der Waals surface area (Å²) >= 11 is -0.258. The zero-order chi connectivity index (χ0) is 34.9. The normalized spacial score (nSPS) is 11.0. The zero-order valence-corrected chi connectivity index (χ0v) is 31.8. The fraction of sp³-hybridized carbons (Fsp3) is 0.174. The number of anilines is 1. The molecule has 0 saturated heterocycles. The van der Waals surface area contributed by atoms with Crippen LogP contribution in [0.3, 0.4) is 0 Å². The molecule has 7 aromatic rings. The first kappa shape index (κ1) is 35.2. The number of benzene rings is 6. The standard InChI is InChI=1S/C32H30N2O.2C7H7.Zr/c1-20(2)24-14-9-15-25(21(3)4)31(24)34-32(35)28-17-8-12-23-18-19-29(33-30(23)28)27-16-7-11-22-10-5-6-13-26(22)27;2*1-7-5-3-2-4-6-7;/h5-21H,1-4H3,(H,34,35);2*2-6H,1H2;. The van der Waals surface area contributed by atoms with Crippen LogP contribution in [-0.4, -0.2) is 10.9 Å². The van der Waals surface area contributed by atoms with Crippen LogP contribution in [0.1, 0.15) is 72.1 Å². The summed E-state index contributed by atoms with van der Waals surface area (Å²) in [5.41, 5.74) is 9.46. The fourth-order valence-electron chi connectivity index (χ4n) is 6.35. The minimum atomic E-state index is -0.258. The molecule has 4 heteroatoms. The minimum absolute atomic E-state index is 0.131. The monoisotopic (exact) mass is 730 g/mol. The number of carbonyl (C=O) groups excluding carboxylic acids is 1. The maximum absolute atomic E-state index is 13.7. The van der Waals surface area contributed by atoms with Gasteiger partial charge in [-0.3, -0.25) is 4.79 Å². The molecule has 0 saturated carbocycles. The van der Waals surface area contributed by atoms with Crippen molar-refractivity contribution < 1.29 is 28.0 Å². The van der Waals surface area contributed by atoms with Gasteiger partial charge in [0.2, 0.25) is 0 Å². The Hall–Kier alpha value is -4.66. The van der Waals surface area contributed by atoms with Crippen LogP contribution >= 0.6 is 0 Å². The molecule has 0 bridgehead atoms. The first-order chi connectivity index (χ1) is 24.4. The molecule has 0 unspecified atom stereocenters. The third-order valence-corrected chi connectivity index (χ3v) is 12.2. The topological polar surface area (TPSA) is 42.0 Å². The summed E-state index contributed by atoms with van der Waals surface area (Å²) in [5.74, 6) is 0.466. The van der Waals surface area contributed by atoms with Gasteiger partial charge in [-0.15, -0.1) is 0 Å². The molecular weight excluding hydrogens is 688 g/mol. The Bertz CT molecular complexity index is 2120.